The van der Waals surface area contributed by atoms with E-state index in [-0.39, 0.29) is 0 Å². The lowest BCUT2D eigenvalue weighted by atomic mass is 10.1. The van der Waals surface area contributed by atoms with Gasteiger partial charge in [0.15, 0.2) is 0 Å². The van der Waals surface area contributed by atoms with Gasteiger partial charge in [0.1, 0.15) is 0 Å². The zero-order chi connectivity index (χ0) is 15.1. The average molecular weight is 342 g/mol. The molecule has 1 rings (SSSR count). The second-order valence-electron chi connectivity index (χ2n) is 5.61. The summed E-state index contributed by atoms with van der Waals surface area (Å²) < 4.78 is 1.17. The molecule has 114 valence electrons. The molecule has 0 saturated carbocycles. The molecule has 0 aliphatic rings. The van der Waals surface area contributed by atoms with Gasteiger partial charge in [0.25, 0.3) is 0 Å². The Morgan fingerprint density at radius 3 is 2.45 bits per heavy atom. The molecule has 0 radical (unpaired) electrons. The molecule has 20 heavy (non-hydrogen) atoms. The van der Waals surface area contributed by atoms with Gasteiger partial charge in [0.2, 0.25) is 0 Å². The van der Waals surface area contributed by atoms with E-state index in [1.54, 1.807) is 0 Å². The third-order valence-electron chi connectivity index (χ3n) is 3.47. The minimum Gasteiger partial charge on any atom is -0.372 e. The summed E-state index contributed by atoms with van der Waals surface area (Å²) in [4.78, 5) is 4.49. The van der Waals surface area contributed by atoms with Gasteiger partial charge >= 0.3 is 0 Å². The molecule has 1 atom stereocenters. The first-order chi connectivity index (χ1) is 9.45. The van der Waals surface area contributed by atoms with Crippen LogP contribution in [0, 0.1) is 0 Å². The summed E-state index contributed by atoms with van der Waals surface area (Å²) in [6.07, 6.45) is 1.16. The molecule has 0 saturated heterocycles. The Morgan fingerprint density at radius 1 is 1.20 bits per heavy atom. The van der Waals surface area contributed by atoms with Gasteiger partial charge in [0.05, 0.1) is 5.69 Å². The third kappa shape index (κ3) is 5.43. The predicted molar refractivity (Wildman–Crippen MR) is 92.7 cm³/mol. The van der Waals surface area contributed by atoms with Crippen molar-refractivity contribution in [3.05, 3.63) is 28.2 Å². The van der Waals surface area contributed by atoms with Gasteiger partial charge in [-0.3, -0.25) is 0 Å². The predicted octanol–water partition coefficient (Wildman–Crippen LogP) is 3.51. The van der Waals surface area contributed by atoms with Crippen molar-refractivity contribution < 1.29 is 0 Å². The summed E-state index contributed by atoms with van der Waals surface area (Å²) in [6, 6.07) is 7.06. The van der Waals surface area contributed by atoms with E-state index in [2.05, 4.69) is 84.2 Å². The Bertz CT molecular complexity index is 407. The van der Waals surface area contributed by atoms with Crippen LogP contribution < -0.4 is 10.2 Å². The lowest BCUT2D eigenvalue weighted by molar-refractivity contribution is 0.416. The molecule has 0 aliphatic heterocycles. The summed E-state index contributed by atoms with van der Waals surface area (Å²) in [5.74, 6) is 0. The van der Waals surface area contributed by atoms with Crippen LogP contribution in [0.2, 0.25) is 0 Å². The monoisotopic (exact) mass is 341 g/mol. The standard InChI is InChI=1S/C16H28BrN3/c1-6-9-18-13(2)14-7-8-16(15(17)12-14)20(5)11-10-19(3)4/h7-8,12-13,18H,6,9-11H2,1-5H3. The molecular weight excluding hydrogens is 314 g/mol. The van der Waals surface area contributed by atoms with Gasteiger partial charge in [-0.25, -0.2) is 0 Å². The third-order valence-corrected chi connectivity index (χ3v) is 4.10. The van der Waals surface area contributed by atoms with Crippen LogP contribution in [0.4, 0.5) is 5.69 Å². The molecule has 0 amide bonds. The van der Waals surface area contributed by atoms with Crippen molar-refractivity contribution in [3.8, 4) is 0 Å². The lowest BCUT2D eigenvalue weighted by Crippen LogP contribution is -2.28. The number of halogens is 1. The Labute approximate surface area is 132 Å². The van der Waals surface area contributed by atoms with Crippen LogP contribution >= 0.6 is 15.9 Å². The zero-order valence-electron chi connectivity index (χ0n) is 13.4. The minimum absolute atomic E-state index is 0.396. The number of anilines is 1. The van der Waals surface area contributed by atoms with Gasteiger partial charge in [-0.15, -0.1) is 0 Å². The summed E-state index contributed by atoms with van der Waals surface area (Å²) >= 11 is 3.71. The second-order valence-corrected chi connectivity index (χ2v) is 6.47. The largest absolute Gasteiger partial charge is 0.372 e. The van der Waals surface area contributed by atoms with Crippen molar-refractivity contribution >= 4 is 21.6 Å². The van der Waals surface area contributed by atoms with Crippen LogP contribution in [0.5, 0.6) is 0 Å². The smallest absolute Gasteiger partial charge is 0.0508 e. The first-order valence-corrected chi connectivity index (χ1v) is 8.13. The van der Waals surface area contributed by atoms with Gasteiger partial charge in [-0.2, -0.15) is 0 Å². The highest BCUT2D eigenvalue weighted by Gasteiger charge is 2.10. The van der Waals surface area contributed by atoms with Gasteiger partial charge < -0.3 is 15.1 Å². The quantitative estimate of drug-likeness (QED) is 0.780. The van der Waals surface area contributed by atoms with Crippen LogP contribution in [0.3, 0.4) is 0 Å². The van der Waals surface area contributed by atoms with Crippen molar-refractivity contribution in [2.45, 2.75) is 26.3 Å². The fourth-order valence-electron chi connectivity index (χ4n) is 2.05. The topological polar surface area (TPSA) is 18.5 Å². The van der Waals surface area contributed by atoms with E-state index in [1.807, 2.05) is 0 Å². The summed E-state index contributed by atoms with van der Waals surface area (Å²) in [6.45, 7) is 7.54. The Hall–Kier alpha value is -0.580. The maximum atomic E-state index is 3.71. The van der Waals surface area contributed by atoms with Crippen LogP contribution in [0.1, 0.15) is 31.9 Å². The number of benzene rings is 1. The second kappa shape index (κ2) is 8.65. The Balaban J connectivity index is 2.72. The normalized spacial score (nSPS) is 12.8. The maximum absolute atomic E-state index is 3.71. The van der Waals surface area contributed by atoms with E-state index < -0.39 is 0 Å². The first kappa shape index (κ1) is 17.5. The maximum Gasteiger partial charge on any atom is 0.0508 e. The van der Waals surface area contributed by atoms with E-state index >= 15 is 0 Å². The molecule has 1 unspecified atom stereocenters. The SMILES string of the molecule is CCCNC(C)c1ccc(N(C)CCN(C)C)c(Br)c1. The molecule has 0 aromatic heterocycles. The molecule has 1 aromatic carbocycles. The highest BCUT2D eigenvalue weighted by atomic mass is 79.9. The van der Waals surface area contributed by atoms with Crippen molar-refractivity contribution in [3.63, 3.8) is 0 Å². The summed E-state index contributed by atoms with van der Waals surface area (Å²) in [5, 5.41) is 3.52. The molecule has 0 spiro atoms. The fraction of sp³-hybridized carbons (Fsp3) is 0.625. The Kier molecular flexibility index (Phi) is 7.56. The van der Waals surface area contributed by atoms with E-state index in [0.717, 1.165) is 26.1 Å². The van der Waals surface area contributed by atoms with Crippen LogP contribution in [0.15, 0.2) is 22.7 Å². The van der Waals surface area contributed by atoms with Gasteiger partial charge in [-0.1, -0.05) is 13.0 Å². The van der Waals surface area contributed by atoms with E-state index in [0.29, 0.717) is 6.04 Å². The number of rotatable bonds is 8. The molecule has 0 bridgehead atoms. The van der Waals surface area contributed by atoms with E-state index in [9.17, 15) is 0 Å². The molecule has 1 N–H and O–H groups in total. The van der Waals surface area contributed by atoms with Gasteiger partial charge in [0, 0.05) is 30.7 Å². The van der Waals surface area contributed by atoms with Crippen molar-refractivity contribution in [2.24, 2.45) is 0 Å². The van der Waals surface area contributed by atoms with Crippen LogP contribution in [-0.2, 0) is 0 Å². The van der Waals surface area contributed by atoms with Gasteiger partial charge in [-0.05, 0) is 67.6 Å². The number of likely N-dealkylation sites (N-methyl/N-ethyl adjacent to an activating group) is 2. The summed E-state index contributed by atoms with van der Waals surface area (Å²) in [7, 11) is 6.35. The van der Waals surface area contributed by atoms with E-state index in [1.165, 1.54) is 15.7 Å². The minimum atomic E-state index is 0.396. The first-order valence-electron chi connectivity index (χ1n) is 7.34. The molecule has 0 aliphatic carbocycles. The molecule has 1 aromatic rings. The molecular formula is C16H28BrN3. The van der Waals surface area contributed by atoms with Crippen molar-refractivity contribution in [2.75, 3.05) is 45.7 Å². The number of nitrogens with zero attached hydrogens (tertiary/aromatic N) is 2. The average Bonchev–Trinajstić information content (AvgIpc) is 2.41. The van der Waals surface area contributed by atoms with Crippen LogP contribution in [0.25, 0.3) is 0 Å². The fourth-order valence-corrected chi connectivity index (χ4v) is 2.75. The molecule has 0 heterocycles. The molecule has 3 nitrogen and oxygen atoms in total. The van der Waals surface area contributed by atoms with Crippen LogP contribution in [-0.4, -0.2) is 45.7 Å². The number of hydrogen-bond donors (Lipinski definition) is 1. The lowest BCUT2D eigenvalue weighted by Gasteiger charge is -2.24. The highest BCUT2D eigenvalue weighted by Crippen LogP contribution is 2.28. The number of nitrogens with one attached hydrogen (secondary N) is 1. The van der Waals surface area contributed by atoms with Crippen molar-refractivity contribution in [1.29, 1.82) is 0 Å². The van der Waals surface area contributed by atoms with E-state index in [4.69, 9.17) is 0 Å². The highest BCUT2D eigenvalue weighted by molar-refractivity contribution is 9.10. The number of hydrogen-bond acceptors (Lipinski definition) is 3. The molecule has 4 heteroatoms. The molecule has 0 fully saturated rings. The summed E-state index contributed by atoms with van der Waals surface area (Å²) in [5.41, 5.74) is 2.58. The van der Waals surface area contributed by atoms with Crippen molar-refractivity contribution in [1.82, 2.24) is 10.2 Å². The zero-order valence-corrected chi connectivity index (χ0v) is 15.0. The Morgan fingerprint density at radius 2 is 1.90 bits per heavy atom.